The van der Waals surface area contributed by atoms with E-state index in [1.165, 1.54) is 0 Å². The SMILES string of the molecule is Nc1ccc(NCC2CCOCC2)c(Br)c1. The van der Waals surface area contributed by atoms with E-state index in [-0.39, 0.29) is 0 Å². The van der Waals surface area contributed by atoms with Crippen LogP contribution in [0.5, 0.6) is 0 Å². The Morgan fingerprint density at radius 1 is 1.38 bits per heavy atom. The molecule has 3 nitrogen and oxygen atoms in total. The lowest BCUT2D eigenvalue weighted by molar-refractivity contribution is 0.0699. The Morgan fingerprint density at radius 3 is 2.81 bits per heavy atom. The molecule has 4 heteroatoms. The van der Waals surface area contributed by atoms with Crippen molar-refractivity contribution in [2.24, 2.45) is 5.92 Å². The van der Waals surface area contributed by atoms with E-state index in [9.17, 15) is 0 Å². The third kappa shape index (κ3) is 3.12. The van der Waals surface area contributed by atoms with Crippen LogP contribution in [0.3, 0.4) is 0 Å². The van der Waals surface area contributed by atoms with Crippen molar-refractivity contribution in [2.75, 3.05) is 30.8 Å². The molecule has 1 aliphatic heterocycles. The number of nitrogens with two attached hydrogens (primary N) is 1. The van der Waals surface area contributed by atoms with Crippen molar-refractivity contribution < 1.29 is 4.74 Å². The number of ether oxygens (including phenoxy) is 1. The molecule has 88 valence electrons. The van der Waals surface area contributed by atoms with E-state index in [1.54, 1.807) is 0 Å². The van der Waals surface area contributed by atoms with Crippen LogP contribution in [0.15, 0.2) is 22.7 Å². The Labute approximate surface area is 104 Å². The molecule has 0 bridgehead atoms. The van der Waals surface area contributed by atoms with Gasteiger partial charge in [-0.3, -0.25) is 0 Å². The van der Waals surface area contributed by atoms with Crippen LogP contribution in [0.25, 0.3) is 0 Å². The molecule has 1 fully saturated rings. The highest BCUT2D eigenvalue weighted by Crippen LogP contribution is 2.25. The minimum Gasteiger partial charge on any atom is -0.399 e. The van der Waals surface area contributed by atoms with E-state index in [0.717, 1.165) is 54.4 Å². The van der Waals surface area contributed by atoms with Gasteiger partial charge in [0.1, 0.15) is 0 Å². The van der Waals surface area contributed by atoms with Gasteiger partial charge in [-0.15, -0.1) is 0 Å². The first-order valence-corrected chi connectivity index (χ1v) is 6.41. The summed E-state index contributed by atoms with van der Waals surface area (Å²) in [6, 6.07) is 5.85. The number of hydrogen-bond acceptors (Lipinski definition) is 3. The van der Waals surface area contributed by atoms with E-state index in [0.29, 0.717) is 0 Å². The molecular formula is C12H17BrN2O. The summed E-state index contributed by atoms with van der Waals surface area (Å²) < 4.78 is 6.37. The van der Waals surface area contributed by atoms with Crippen molar-refractivity contribution >= 4 is 27.3 Å². The Morgan fingerprint density at radius 2 is 2.12 bits per heavy atom. The van der Waals surface area contributed by atoms with Crippen molar-refractivity contribution in [1.29, 1.82) is 0 Å². The summed E-state index contributed by atoms with van der Waals surface area (Å²) in [6.07, 6.45) is 2.30. The lowest BCUT2D eigenvalue weighted by Gasteiger charge is -2.23. The Balaban J connectivity index is 1.88. The number of hydrogen-bond donors (Lipinski definition) is 2. The highest BCUT2D eigenvalue weighted by atomic mass is 79.9. The van der Waals surface area contributed by atoms with E-state index in [1.807, 2.05) is 18.2 Å². The second-order valence-electron chi connectivity index (χ2n) is 4.18. The third-order valence-corrected chi connectivity index (χ3v) is 3.57. The third-order valence-electron chi connectivity index (χ3n) is 2.92. The highest BCUT2D eigenvalue weighted by Gasteiger charge is 2.13. The van der Waals surface area contributed by atoms with Gasteiger partial charge in [-0.1, -0.05) is 0 Å². The molecule has 0 aliphatic carbocycles. The normalized spacial score (nSPS) is 17.3. The highest BCUT2D eigenvalue weighted by molar-refractivity contribution is 9.10. The molecule has 1 saturated heterocycles. The summed E-state index contributed by atoms with van der Waals surface area (Å²) in [5, 5.41) is 3.45. The maximum Gasteiger partial charge on any atom is 0.0486 e. The molecule has 0 saturated carbocycles. The first kappa shape index (κ1) is 11.7. The second-order valence-corrected chi connectivity index (χ2v) is 5.03. The van der Waals surface area contributed by atoms with Gasteiger partial charge in [0, 0.05) is 35.6 Å². The van der Waals surface area contributed by atoms with Crippen molar-refractivity contribution in [3.63, 3.8) is 0 Å². The molecule has 0 unspecified atom stereocenters. The predicted molar refractivity (Wildman–Crippen MR) is 70.6 cm³/mol. The van der Waals surface area contributed by atoms with Crippen molar-refractivity contribution in [1.82, 2.24) is 0 Å². The lowest BCUT2D eigenvalue weighted by atomic mass is 10.0. The van der Waals surface area contributed by atoms with Gasteiger partial charge < -0.3 is 15.8 Å². The molecule has 1 aromatic rings. The topological polar surface area (TPSA) is 47.3 Å². The van der Waals surface area contributed by atoms with Crippen molar-refractivity contribution in [3.05, 3.63) is 22.7 Å². The van der Waals surface area contributed by atoms with Gasteiger partial charge in [0.25, 0.3) is 0 Å². The zero-order valence-corrected chi connectivity index (χ0v) is 10.8. The van der Waals surface area contributed by atoms with E-state index < -0.39 is 0 Å². The van der Waals surface area contributed by atoms with Crippen LogP contribution in [0.1, 0.15) is 12.8 Å². The summed E-state index contributed by atoms with van der Waals surface area (Å²) in [5.41, 5.74) is 7.58. The molecule has 1 aromatic carbocycles. The molecule has 0 aromatic heterocycles. The molecule has 1 aliphatic rings. The van der Waals surface area contributed by atoms with Gasteiger partial charge in [0.2, 0.25) is 0 Å². The number of anilines is 2. The predicted octanol–water partition coefficient (Wildman–Crippen LogP) is 2.87. The van der Waals surface area contributed by atoms with E-state index in [2.05, 4.69) is 21.2 Å². The summed E-state index contributed by atoms with van der Waals surface area (Å²) >= 11 is 3.50. The van der Waals surface area contributed by atoms with Crippen LogP contribution in [-0.4, -0.2) is 19.8 Å². The fourth-order valence-corrected chi connectivity index (χ4v) is 2.42. The van der Waals surface area contributed by atoms with Gasteiger partial charge in [0.15, 0.2) is 0 Å². The largest absolute Gasteiger partial charge is 0.399 e. The molecule has 0 atom stereocenters. The first-order valence-electron chi connectivity index (χ1n) is 5.62. The zero-order valence-electron chi connectivity index (χ0n) is 9.21. The Kier molecular flexibility index (Phi) is 4.07. The minimum absolute atomic E-state index is 0.721. The number of nitrogens with one attached hydrogen (secondary N) is 1. The van der Waals surface area contributed by atoms with Crippen LogP contribution in [0.4, 0.5) is 11.4 Å². The average molecular weight is 285 g/mol. The molecule has 0 radical (unpaired) electrons. The monoisotopic (exact) mass is 284 g/mol. The van der Waals surface area contributed by atoms with Gasteiger partial charge in [-0.25, -0.2) is 0 Å². The van der Waals surface area contributed by atoms with Crippen LogP contribution < -0.4 is 11.1 Å². The van der Waals surface area contributed by atoms with Crippen LogP contribution in [-0.2, 0) is 4.74 Å². The van der Waals surface area contributed by atoms with E-state index in [4.69, 9.17) is 10.5 Å². The van der Waals surface area contributed by atoms with E-state index >= 15 is 0 Å². The Hall–Kier alpha value is -0.740. The molecule has 0 spiro atoms. The van der Waals surface area contributed by atoms with Crippen molar-refractivity contribution in [2.45, 2.75) is 12.8 Å². The second kappa shape index (κ2) is 5.55. The van der Waals surface area contributed by atoms with Crippen LogP contribution in [0.2, 0.25) is 0 Å². The Bertz CT molecular complexity index is 351. The fourth-order valence-electron chi connectivity index (χ4n) is 1.88. The molecule has 1 heterocycles. The lowest BCUT2D eigenvalue weighted by Crippen LogP contribution is -2.22. The number of nitrogen functional groups attached to an aromatic ring is 1. The smallest absolute Gasteiger partial charge is 0.0486 e. The van der Waals surface area contributed by atoms with Gasteiger partial charge in [-0.2, -0.15) is 0 Å². The first-order chi connectivity index (χ1) is 7.75. The minimum atomic E-state index is 0.721. The molecule has 0 amide bonds. The standard InChI is InChI=1S/C12H17BrN2O/c13-11-7-10(14)1-2-12(11)15-8-9-3-5-16-6-4-9/h1-2,7,9,15H,3-6,8,14H2. The van der Waals surface area contributed by atoms with Crippen LogP contribution in [0, 0.1) is 5.92 Å². The quantitative estimate of drug-likeness (QED) is 0.839. The molecular weight excluding hydrogens is 268 g/mol. The maximum absolute atomic E-state index is 5.69. The van der Waals surface area contributed by atoms with Gasteiger partial charge in [0.05, 0.1) is 0 Å². The van der Waals surface area contributed by atoms with Gasteiger partial charge >= 0.3 is 0 Å². The molecule has 3 N–H and O–H groups in total. The summed E-state index contributed by atoms with van der Waals surface area (Å²) in [7, 11) is 0. The number of halogens is 1. The van der Waals surface area contributed by atoms with Crippen LogP contribution >= 0.6 is 15.9 Å². The average Bonchev–Trinajstić information content (AvgIpc) is 2.29. The maximum atomic E-state index is 5.69. The van der Waals surface area contributed by atoms with Gasteiger partial charge in [-0.05, 0) is 52.9 Å². The fraction of sp³-hybridized carbons (Fsp3) is 0.500. The molecule has 16 heavy (non-hydrogen) atoms. The zero-order chi connectivity index (χ0) is 11.4. The summed E-state index contributed by atoms with van der Waals surface area (Å²) in [4.78, 5) is 0. The number of rotatable bonds is 3. The molecule has 2 rings (SSSR count). The van der Waals surface area contributed by atoms with Crippen molar-refractivity contribution in [3.8, 4) is 0 Å². The number of benzene rings is 1. The summed E-state index contributed by atoms with van der Waals surface area (Å²) in [5.74, 6) is 0.721. The summed E-state index contributed by atoms with van der Waals surface area (Å²) in [6.45, 7) is 2.80.